The summed E-state index contributed by atoms with van der Waals surface area (Å²) in [5.74, 6) is 0.876. The second-order valence-electron chi connectivity index (χ2n) is 8.57. The van der Waals surface area contributed by atoms with E-state index in [1.54, 1.807) is 6.20 Å². The van der Waals surface area contributed by atoms with Gasteiger partial charge in [0.2, 0.25) is 0 Å². The summed E-state index contributed by atoms with van der Waals surface area (Å²) in [6.07, 6.45) is 3.47. The first-order valence-corrected chi connectivity index (χ1v) is 10.4. The second kappa shape index (κ2) is 7.29. The van der Waals surface area contributed by atoms with Crippen molar-refractivity contribution in [3.8, 4) is 0 Å². The lowest BCUT2D eigenvalue weighted by Gasteiger charge is -2.41. The number of furan rings is 1. The molecule has 0 radical (unpaired) electrons. The number of H-pyrrole nitrogens is 1. The third kappa shape index (κ3) is 3.37. The van der Waals surface area contributed by atoms with Crippen molar-refractivity contribution < 1.29 is 13.9 Å². The zero-order chi connectivity index (χ0) is 20.7. The average Bonchev–Trinajstić information content (AvgIpc) is 3.39. The summed E-state index contributed by atoms with van der Waals surface area (Å²) in [5, 5.41) is 12.1. The molecule has 1 aliphatic rings. The fourth-order valence-corrected chi connectivity index (χ4v) is 4.49. The van der Waals surface area contributed by atoms with Gasteiger partial charge in [-0.15, -0.1) is 0 Å². The lowest BCUT2D eigenvalue weighted by Crippen LogP contribution is -2.56. The van der Waals surface area contributed by atoms with Crippen LogP contribution in [0.5, 0.6) is 0 Å². The molecule has 1 saturated heterocycles. The SMILES string of the molecule is CC(C)(NC(=O)c1ccc2[nH]ncc2c1)C1OCCCC1c1cc2ccccc2o1. The summed E-state index contributed by atoms with van der Waals surface area (Å²) in [4.78, 5) is 13.0. The van der Waals surface area contributed by atoms with Crippen molar-refractivity contribution in [2.24, 2.45) is 0 Å². The van der Waals surface area contributed by atoms with Gasteiger partial charge in [-0.25, -0.2) is 0 Å². The molecule has 2 unspecified atom stereocenters. The van der Waals surface area contributed by atoms with Crippen molar-refractivity contribution in [2.75, 3.05) is 6.61 Å². The van der Waals surface area contributed by atoms with E-state index in [0.29, 0.717) is 12.2 Å². The summed E-state index contributed by atoms with van der Waals surface area (Å²) in [5.41, 5.74) is 1.82. The van der Waals surface area contributed by atoms with Gasteiger partial charge < -0.3 is 14.5 Å². The number of benzene rings is 2. The Morgan fingerprint density at radius 1 is 1.17 bits per heavy atom. The fourth-order valence-electron chi connectivity index (χ4n) is 4.49. The van der Waals surface area contributed by atoms with Crippen LogP contribution in [0.2, 0.25) is 0 Å². The standard InChI is InChI=1S/C24H25N3O3/c1-24(2,26-23(28)16-9-10-19-17(12-16)14-25-27-19)22-18(7-5-11-29-22)21-13-15-6-3-4-8-20(15)30-21/h3-4,6,8-10,12-14,18,22H,5,7,11H2,1-2H3,(H,25,27)(H,26,28). The summed E-state index contributed by atoms with van der Waals surface area (Å²) in [6.45, 7) is 4.72. The van der Waals surface area contributed by atoms with E-state index in [4.69, 9.17) is 9.15 Å². The Morgan fingerprint density at radius 2 is 2.03 bits per heavy atom. The highest BCUT2D eigenvalue weighted by molar-refractivity contribution is 5.98. The van der Waals surface area contributed by atoms with Crippen molar-refractivity contribution in [1.82, 2.24) is 15.5 Å². The lowest BCUT2D eigenvalue weighted by molar-refractivity contribution is -0.0506. The smallest absolute Gasteiger partial charge is 0.251 e. The van der Waals surface area contributed by atoms with Gasteiger partial charge in [0.05, 0.1) is 23.4 Å². The molecule has 4 aromatic rings. The molecular weight excluding hydrogens is 378 g/mol. The normalized spacial score (nSPS) is 19.9. The number of nitrogens with zero attached hydrogens (tertiary/aromatic N) is 1. The molecule has 154 valence electrons. The molecule has 1 fully saturated rings. The molecule has 2 atom stereocenters. The van der Waals surface area contributed by atoms with Gasteiger partial charge in [0.25, 0.3) is 5.91 Å². The molecule has 5 rings (SSSR count). The van der Waals surface area contributed by atoms with Crippen LogP contribution in [0.25, 0.3) is 21.9 Å². The number of fused-ring (bicyclic) bond motifs is 2. The van der Waals surface area contributed by atoms with Gasteiger partial charge in [0.15, 0.2) is 0 Å². The molecule has 0 aliphatic carbocycles. The Bertz CT molecular complexity index is 1170. The summed E-state index contributed by atoms with van der Waals surface area (Å²) in [6, 6.07) is 15.7. The zero-order valence-corrected chi connectivity index (χ0v) is 17.1. The number of carbonyl (C=O) groups excluding carboxylic acids is 1. The summed E-state index contributed by atoms with van der Waals surface area (Å²) < 4.78 is 12.4. The number of ether oxygens (including phenoxy) is 1. The highest BCUT2D eigenvalue weighted by Crippen LogP contribution is 2.38. The third-order valence-corrected chi connectivity index (χ3v) is 5.98. The predicted molar refractivity (Wildman–Crippen MR) is 116 cm³/mol. The van der Waals surface area contributed by atoms with Crippen LogP contribution in [0, 0.1) is 0 Å². The molecule has 0 bridgehead atoms. The number of hydrogen-bond donors (Lipinski definition) is 2. The minimum atomic E-state index is -0.577. The number of hydrogen-bond acceptors (Lipinski definition) is 4. The maximum atomic E-state index is 13.0. The van der Waals surface area contributed by atoms with Crippen LogP contribution < -0.4 is 5.32 Å². The molecule has 3 heterocycles. The zero-order valence-electron chi connectivity index (χ0n) is 17.1. The van der Waals surface area contributed by atoms with Gasteiger partial charge in [-0.2, -0.15) is 5.10 Å². The van der Waals surface area contributed by atoms with Crippen LogP contribution in [0.4, 0.5) is 0 Å². The Kier molecular flexibility index (Phi) is 4.59. The van der Waals surface area contributed by atoms with Crippen LogP contribution in [0.1, 0.15) is 48.7 Å². The Balaban J connectivity index is 1.41. The van der Waals surface area contributed by atoms with Gasteiger partial charge in [0, 0.05) is 28.9 Å². The summed E-state index contributed by atoms with van der Waals surface area (Å²) >= 11 is 0. The van der Waals surface area contributed by atoms with E-state index in [1.165, 1.54) is 0 Å². The largest absolute Gasteiger partial charge is 0.461 e. The van der Waals surface area contributed by atoms with Gasteiger partial charge in [0.1, 0.15) is 11.3 Å². The Labute approximate surface area is 174 Å². The minimum Gasteiger partial charge on any atom is -0.461 e. The molecule has 0 spiro atoms. The van der Waals surface area contributed by atoms with Crippen LogP contribution >= 0.6 is 0 Å². The van der Waals surface area contributed by atoms with Crippen LogP contribution in [-0.4, -0.2) is 34.4 Å². The first kappa shape index (κ1) is 18.9. The monoisotopic (exact) mass is 403 g/mol. The van der Waals surface area contributed by atoms with E-state index < -0.39 is 5.54 Å². The van der Waals surface area contributed by atoms with E-state index in [0.717, 1.165) is 40.5 Å². The molecule has 30 heavy (non-hydrogen) atoms. The van der Waals surface area contributed by atoms with Crippen LogP contribution in [-0.2, 0) is 4.74 Å². The molecule has 2 aromatic heterocycles. The molecule has 2 N–H and O–H groups in total. The van der Waals surface area contributed by atoms with Gasteiger partial charge >= 0.3 is 0 Å². The lowest BCUT2D eigenvalue weighted by atomic mass is 9.81. The fraction of sp³-hybridized carbons (Fsp3) is 0.333. The molecule has 6 nitrogen and oxygen atoms in total. The first-order chi connectivity index (χ1) is 14.5. The number of nitrogens with one attached hydrogen (secondary N) is 2. The Morgan fingerprint density at radius 3 is 2.90 bits per heavy atom. The van der Waals surface area contributed by atoms with Crippen molar-refractivity contribution in [1.29, 1.82) is 0 Å². The number of carbonyl (C=O) groups is 1. The molecule has 1 aliphatic heterocycles. The topological polar surface area (TPSA) is 80.2 Å². The highest BCUT2D eigenvalue weighted by Gasteiger charge is 2.41. The van der Waals surface area contributed by atoms with Gasteiger partial charge in [-0.05, 0) is 57.0 Å². The maximum Gasteiger partial charge on any atom is 0.251 e. The van der Waals surface area contributed by atoms with E-state index in [9.17, 15) is 4.79 Å². The second-order valence-corrected chi connectivity index (χ2v) is 8.57. The number of amides is 1. The van der Waals surface area contributed by atoms with Crippen molar-refractivity contribution >= 4 is 27.8 Å². The summed E-state index contributed by atoms with van der Waals surface area (Å²) in [7, 11) is 0. The van der Waals surface area contributed by atoms with Gasteiger partial charge in [-0.1, -0.05) is 18.2 Å². The molecule has 2 aromatic carbocycles. The van der Waals surface area contributed by atoms with E-state index in [2.05, 4.69) is 27.6 Å². The maximum absolute atomic E-state index is 13.0. The molecule has 0 saturated carbocycles. The molecular formula is C24H25N3O3. The van der Waals surface area contributed by atoms with Crippen LogP contribution in [0.3, 0.4) is 0 Å². The van der Waals surface area contributed by atoms with Gasteiger partial charge in [-0.3, -0.25) is 9.89 Å². The predicted octanol–water partition coefficient (Wildman–Crippen LogP) is 4.78. The Hall–Kier alpha value is -3.12. The van der Waals surface area contributed by atoms with Crippen molar-refractivity contribution in [3.05, 3.63) is 66.1 Å². The number of para-hydroxylation sites is 1. The van der Waals surface area contributed by atoms with Crippen molar-refractivity contribution in [3.63, 3.8) is 0 Å². The number of aromatic amines is 1. The quantitative estimate of drug-likeness (QED) is 0.514. The van der Waals surface area contributed by atoms with E-state index >= 15 is 0 Å². The molecule has 1 amide bonds. The van der Waals surface area contributed by atoms with Crippen LogP contribution in [0.15, 0.2) is 59.1 Å². The number of rotatable bonds is 4. The number of aromatic nitrogens is 2. The van der Waals surface area contributed by atoms with E-state index in [-0.39, 0.29) is 17.9 Å². The third-order valence-electron chi connectivity index (χ3n) is 5.98. The minimum absolute atomic E-state index is 0.0813. The van der Waals surface area contributed by atoms with E-state index in [1.807, 2.05) is 50.2 Å². The highest BCUT2D eigenvalue weighted by atomic mass is 16.5. The van der Waals surface area contributed by atoms with Crippen molar-refractivity contribution in [2.45, 2.75) is 44.2 Å². The average molecular weight is 403 g/mol. The first-order valence-electron chi connectivity index (χ1n) is 10.4. The molecule has 6 heteroatoms.